The van der Waals surface area contributed by atoms with Crippen LogP contribution in [-0.4, -0.2) is 36.8 Å². The minimum absolute atomic E-state index is 0.0471. The van der Waals surface area contributed by atoms with Gasteiger partial charge in [-0.2, -0.15) is 0 Å². The smallest absolute Gasteiger partial charge is 0.344 e. The molecule has 0 unspecified atom stereocenters. The van der Waals surface area contributed by atoms with Crippen molar-refractivity contribution in [2.75, 3.05) is 13.2 Å². The van der Waals surface area contributed by atoms with Gasteiger partial charge in [0, 0.05) is 11.1 Å². The molecule has 1 N–H and O–H groups in total. The minimum Gasteiger partial charge on any atom is -0.482 e. The summed E-state index contributed by atoms with van der Waals surface area (Å²) in [5.41, 5.74) is 1.80. The molecule has 7 heteroatoms. The first kappa shape index (κ1) is 22.8. The Hall–Kier alpha value is -3.48. The standard InChI is InChI=1S/C23H25NO6/c1-15(25)17-6-5-7-19(12-17)29-14-21(27)30-13-20(26)24-22(28)16-8-10-18(11-9-16)23(2,3)4/h5-12H,13-14H2,1-4H3,(H,24,26,28). The van der Waals surface area contributed by atoms with Crippen LogP contribution in [0.15, 0.2) is 48.5 Å². The van der Waals surface area contributed by atoms with Gasteiger partial charge in [0.1, 0.15) is 5.75 Å². The fraction of sp³-hybridized carbons (Fsp3) is 0.304. The van der Waals surface area contributed by atoms with Gasteiger partial charge in [0.25, 0.3) is 11.8 Å². The fourth-order valence-electron chi connectivity index (χ4n) is 2.49. The fourth-order valence-corrected chi connectivity index (χ4v) is 2.49. The Kier molecular flexibility index (Phi) is 7.47. The second kappa shape index (κ2) is 9.82. The second-order valence-corrected chi connectivity index (χ2v) is 7.74. The maximum absolute atomic E-state index is 12.1. The first-order valence-corrected chi connectivity index (χ1v) is 9.40. The lowest BCUT2D eigenvalue weighted by atomic mass is 9.87. The summed E-state index contributed by atoms with van der Waals surface area (Å²) in [5.74, 6) is -1.89. The number of Topliss-reactive ketones (excluding diaryl/α,β-unsaturated/α-hetero) is 1. The van der Waals surface area contributed by atoms with E-state index in [1.807, 2.05) is 12.1 Å². The zero-order valence-corrected chi connectivity index (χ0v) is 17.5. The molecule has 2 rings (SSSR count). The van der Waals surface area contributed by atoms with Crippen LogP contribution in [0, 0.1) is 0 Å². The van der Waals surface area contributed by atoms with Crippen LogP contribution in [0.1, 0.15) is 54.0 Å². The number of imide groups is 1. The van der Waals surface area contributed by atoms with Gasteiger partial charge in [-0.3, -0.25) is 19.7 Å². The summed E-state index contributed by atoms with van der Waals surface area (Å²) in [7, 11) is 0. The van der Waals surface area contributed by atoms with E-state index in [4.69, 9.17) is 9.47 Å². The molecule has 0 bridgehead atoms. The summed E-state index contributed by atoms with van der Waals surface area (Å²) >= 11 is 0. The van der Waals surface area contributed by atoms with Crippen molar-refractivity contribution < 1.29 is 28.7 Å². The molecule has 0 saturated carbocycles. The maximum Gasteiger partial charge on any atom is 0.344 e. The van der Waals surface area contributed by atoms with Gasteiger partial charge in [-0.1, -0.05) is 45.0 Å². The predicted molar refractivity (Wildman–Crippen MR) is 111 cm³/mol. The molecule has 2 aromatic rings. The highest BCUT2D eigenvalue weighted by molar-refractivity contribution is 6.05. The summed E-state index contributed by atoms with van der Waals surface area (Å²) in [6, 6.07) is 13.3. The Morgan fingerprint density at radius 3 is 2.17 bits per heavy atom. The predicted octanol–water partition coefficient (Wildman–Crippen LogP) is 3.07. The van der Waals surface area contributed by atoms with Crippen molar-refractivity contribution in [3.63, 3.8) is 0 Å². The van der Waals surface area contributed by atoms with Gasteiger partial charge in [-0.25, -0.2) is 4.79 Å². The molecule has 0 spiro atoms. The molecule has 0 aromatic heterocycles. The number of ketones is 1. The molecule has 0 heterocycles. The molecule has 2 amide bonds. The van der Waals surface area contributed by atoms with Crippen molar-refractivity contribution in [3.05, 3.63) is 65.2 Å². The van der Waals surface area contributed by atoms with E-state index in [9.17, 15) is 19.2 Å². The van der Waals surface area contributed by atoms with E-state index in [1.54, 1.807) is 30.3 Å². The van der Waals surface area contributed by atoms with Crippen molar-refractivity contribution in [1.29, 1.82) is 0 Å². The molecule has 0 fully saturated rings. The number of esters is 1. The van der Waals surface area contributed by atoms with Crippen LogP contribution in [0.3, 0.4) is 0 Å². The van der Waals surface area contributed by atoms with E-state index in [0.717, 1.165) is 5.56 Å². The van der Waals surface area contributed by atoms with Gasteiger partial charge in [0.2, 0.25) is 0 Å². The Morgan fingerprint density at radius 1 is 0.900 bits per heavy atom. The highest BCUT2D eigenvalue weighted by atomic mass is 16.6. The van der Waals surface area contributed by atoms with Crippen LogP contribution in [-0.2, 0) is 19.7 Å². The molecule has 0 aliphatic carbocycles. The zero-order chi connectivity index (χ0) is 22.3. The number of carbonyl (C=O) groups is 4. The summed E-state index contributed by atoms with van der Waals surface area (Å²) in [4.78, 5) is 47.1. The number of ether oxygens (including phenoxy) is 2. The van der Waals surface area contributed by atoms with Crippen molar-refractivity contribution in [2.24, 2.45) is 0 Å². The number of hydrogen-bond donors (Lipinski definition) is 1. The molecule has 0 aliphatic rings. The van der Waals surface area contributed by atoms with Crippen molar-refractivity contribution in [2.45, 2.75) is 33.1 Å². The third kappa shape index (κ3) is 6.84. The number of nitrogens with one attached hydrogen (secondary N) is 1. The van der Waals surface area contributed by atoms with Gasteiger partial charge in [0.15, 0.2) is 19.0 Å². The Balaban J connectivity index is 1.78. The van der Waals surface area contributed by atoms with Crippen LogP contribution in [0.25, 0.3) is 0 Å². The first-order valence-electron chi connectivity index (χ1n) is 9.40. The summed E-state index contributed by atoms with van der Waals surface area (Å²) in [5, 5.41) is 2.17. The molecule has 158 valence electrons. The Labute approximate surface area is 175 Å². The van der Waals surface area contributed by atoms with Crippen molar-refractivity contribution in [3.8, 4) is 5.75 Å². The molecule has 7 nitrogen and oxygen atoms in total. The zero-order valence-electron chi connectivity index (χ0n) is 17.5. The summed E-state index contributed by atoms with van der Waals surface area (Å²) in [6.45, 7) is 6.56. The number of hydrogen-bond acceptors (Lipinski definition) is 6. The van der Waals surface area contributed by atoms with Gasteiger partial charge in [-0.15, -0.1) is 0 Å². The van der Waals surface area contributed by atoms with Crippen molar-refractivity contribution in [1.82, 2.24) is 5.32 Å². The minimum atomic E-state index is -0.777. The van der Waals surface area contributed by atoms with Gasteiger partial charge in [-0.05, 0) is 42.2 Å². The van der Waals surface area contributed by atoms with Crippen LogP contribution in [0.2, 0.25) is 0 Å². The summed E-state index contributed by atoms with van der Waals surface area (Å²) in [6.07, 6.45) is 0. The largest absolute Gasteiger partial charge is 0.482 e. The van der Waals surface area contributed by atoms with E-state index in [-0.39, 0.29) is 11.2 Å². The molecule has 0 radical (unpaired) electrons. The normalized spacial score (nSPS) is 10.8. The van der Waals surface area contributed by atoms with E-state index in [2.05, 4.69) is 26.1 Å². The molecule has 0 atom stereocenters. The highest BCUT2D eigenvalue weighted by Crippen LogP contribution is 2.22. The second-order valence-electron chi connectivity index (χ2n) is 7.74. The molecule has 30 heavy (non-hydrogen) atoms. The van der Waals surface area contributed by atoms with Crippen LogP contribution < -0.4 is 10.1 Å². The number of benzene rings is 2. The lowest BCUT2D eigenvalue weighted by Crippen LogP contribution is -2.34. The third-order valence-electron chi connectivity index (χ3n) is 4.23. The first-order chi connectivity index (χ1) is 14.1. The lowest BCUT2D eigenvalue weighted by Gasteiger charge is -2.19. The quantitative estimate of drug-likeness (QED) is 0.555. The average molecular weight is 411 g/mol. The topological polar surface area (TPSA) is 98.8 Å². The van der Waals surface area contributed by atoms with Gasteiger partial charge >= 0.3 is 5.97 Å². The van der Waals surface area contributed by atoms with Gasteiger partial charge in [0.05, 0.1) is 0 Å². The van der Waals surface area contributed by atoms with Gasteiger partial charge < -0.3 is 9.47 Å². The van der Waals surface area contributed by atoms with Crippen LogP contribution in [0.4, 0.5) is 0 Å². The number of carbonyl (C=O) groups excluding carboxylic acids is 4. The number of rotatable bonds is 7. The van der Waals surface area contributed by atoms with E-state index < -0.39 is 31.0 Å². The summed E-state index contributed by atoms with van der Waals surface area (Å²) < 4.78 is 10.1. The van der Waals surface area contributed by atoms with E-state index in [0.29, 0.717) is 16.9 Å². The molecule has 0 aliphatic heterocycles. The maximum atomic E-state index is 12.1. The highest BCUT2D eigenvalue weighted by Gasteiger charge is 2.16. The van der Waals surface area contributed by atoms with Crippen molar-refractivity contribution >= 4 is 23.6 Å². The molecular weight excluding hydrogens is 386 g/mol. The SMILES string of the molecule is CC(=O)c1cccc(OCC(=O)OCC(=O)NC(=O)c2ccc(C(C)(C)C)cc2)c1. The van der Waals surface area contributed by atoms with E-state index in [1.165, 1.54) is 13.0 Å². The van der Waals surface area contributed by atoms with E-state index >= 15 is 0 Å². The monoisotopic (exact) mass is 411 g/mol. The molecular formula is C23H25NO6. The number of amides is 2. The molecule has 2 aromatic carbocycles. The van der Waals surface area contributed by atoms with Crippen LogP contribution in [0.5, 0.6) is 5.75 Å². The third-order valence-corrected chi connectivity index (χ3v) is 4.23. The van der Waals surface area contributed by atoms with Crippen LogP contribution >= 0.6 is 0 Å². The molecule has 0 saturated heterocycles. The average Bonchev–Trinajstić information content (AvgIpc) is 2.70. The Bertz CT molecular complexity index is 941. The lowest BCUT2D eigenvalue weighted by molar-refractivity contribution is -0.150. The Morgan fingerprint density at radius 2 is 1.57 bits per heavy atom.